The van der Waals surface area contributed by atoms with E-state index >= 15 is 0 Å². The molecule has 5 heteroatoms. The minimum Gasteiger partial charge on any atom is -0.504 e. The van der Waals surface area contributed by atoms with Crippen molar-refractivity contribution in [2.45, 2.75) is 6.54 Å². The van der Waals surface area contributed by atoms with Crippen LogP contribution in [0.15, 0.2) is 18.2 Å². The van der Waals surface area contributed by atoms with Crippen LogP contribution in [0.2, 0.25) is 0 Å². The largest absolute Gasteiger partial charge is 0.504 e. The molecule has 0 spiro atoms. The summed E-state index contributed by atoms with van der Waals surface area (Å²) in [5.41, 5.74) is 0.958. The molecule has 0 aliphatic carbocycles. The Kier molecular flexibility index (Phi) is 3.49. The number of aromatic hydroxyl groups is 2. The summed E-state index contributed by atoms with van der Waals surface area (Å²) >= 11 is 0. The average Bonchev–Trinajstić information content (AvgIpc) is 2.35. The molecule has 0 aromatic heterocycles. The summed E-state index contributed by atoms with van der Waals surface area (Å²) in [7, 11) is 0. The topological polar surface area (TPSA) is 64.0 Å². The highest BCUT2D eigenvalue weighted by Crippen LogP contribution is 2.25. The molecule has 0 unspecified atom stereocenters. The van der Waals surface area contributed by atoms with Gasteiger partial charge in [-0.1, -0.05) is 6.07 Å². The summed E-state index contributed by atoms with van der Waals surface area (Å²) in [5.74, 6) is -0.187. The fourth-order valence-corrected chi connectivity index (χ4v) is 1.95. The van der Waals surface area contributed by atoms with Gasteiger partial charge in [-0.15, -0.1) is 0 Å². The monoisotopic (exact) mass is 236 g/mol. The summed E-state index contributed by atoms with van der Waals surface area (Å²) in [6.07, 6.45) is 0.879. The lowest BCUT2D eigenvalue weighted by Gasteiger charge is -2.32. The molecule has 1 saturated heterocycles. The van der Waals surface area contributed by atoms with Gasteiger partial charge in [-0.05, 0) is 17.7 Å². The molecular weight excluding hydrogens is 220 g/mol. The predicted octanol–water partition coefficient (Wildman–Crippen LogP) is 0.372. The lowest BCUT2D eigenvalue weighted by molar-refractivity contribution is -0.119. The van der Waals surface area contributed by atoms with Crippen molar-refractivity contribution in [2.75, 3.05) is 26.2 Å². The number of benzene rings is 1. The van der Waals surface area contributed by atoms with Gasteiger partial charge >= 0.3 is 0 Å². The Bertz CT molecular complexity index is 401. The number of nitrogens with zero attached hydrogens (tertiary/aromatic N) is 2. The normalized spacial score (nSPS) is 17.1. The Morgan fingerprint density at radius 3 is 2.41 bits per heavy atom. The Labute approximate surface area is 99.9 Å². The van der Waals surface area contributed by atoms with E-state index in [1.807, 2.05) is 0 Å². The molecule has 1 aliphatic rings. The Morgan fingerprint density at radius 2 is 1.82 bits per heavy atom. The molecule has 0 saturated carbocycles. The van der Waals surface area contributed by atoms with Gasteiger partial charge in [0.25, 0.3) is 0 Å². The molecule has 2 N–H and O–H groups in total. The molecule has 1 aliphatic heterocycles. The maximum Gasteiger partial charge on any atom is 0.209 e. The third-order valence-electron chi connectivity index (χ3n) is 3.00. The van der Waals surface area contributed by atoms with Gasteiger partial charge in [0.05, 0.1) is 0 Å². The van der Waals surface area contributed by atoms with E-state index in [1.165, 1.54) is 6.07 Å². The van der Waals surface area contributed by atoms with E-state index in [0.717, 1.165) is 44.7 Å². The van der Waals surface area contributed by atoms with Gasteiger partial charge in [0, 0.05) is 32.7 Å². The zero-order valence-electron chi connectivity index (χ0n) is 9.54. The number of rotatable bonds is 3. The Hall–Kier alpha value is -1.75. The van der Waals surface area contributed by atoms with Gasteiger partial charge in [0.2, 0.25) is 6.41 Å². The van der Waals surface area contributed by atoms with Gasteiger partial charge in [-0.2, -0.15) is 0 Å². The van der Waals surface area contributed by atoms with Crippen LogP contribution in [0, 0.1) is 0 Å². The fourth-order valence-electron chi connectivity index (χ4n) is 1.95. The van der Waals surface area contributed by atoms with E-state index in [2.05, 4.69) is 4.90 Å². The fraction of sp³-hybridized carbons (Fsp3) is 0.417. The third kappa shape index (κ3) is 2.88. The standard InChI is InChI=1S/C12H16N2O3/c15-9-14-5-3-13(4-6-14)8-10-1-2-11(16)12(17)7-10/h1-2,7,9,16-17H,3-6,8H2. The number of phenols is 2. The molecule has 92 valence electrons. The van der Waals surface area contributed by atoms with Crippen LogP contribution in [-0.4, -0.2) is 52.6 Å². The van der Waals surface area contributed by atoms with Gasteiger partial charge in [-0.25, -0.2) is 0 Å². The van der Waals surface area contributed by atoms with Gasteiger partial charge in [0.1, 0.15) is 0 Å². The zero-order valence-corrected chi connectivity index (χ0v) is 9.54. The first kappa shape index (κ1) is 11.7. The second-order valence-corrected chi connectivity index (χ2v) is 4.24. The van der Waals surface area contributed by atoms with Crippen molar-refractivity contribution in [1.82, 2.24) is 9.80 Å². The molecule has 1 amide bonds. The van der Waals surface area contributed by atoms with Crippen LogP contribution < -0.4 is 0 Å². The molecule has 2 rings (SSSR count). The summed E-state index contributed by atoms with van der Waals surface area (Å²) in [6.45, 7) is 3.88. The molecule has 1 aromatic rings. The SMILES string of the molecule is O=CN1CCN(Cc2ccc(O)c(O)c2)CC1. The van der Waals surface area contributed by atoms with Crippen LogP contribution in [-0.2, 0) is 11.3 Å². The zero-order chi connectivity index (χ0) is 12.3. The third-order valence-corrected chi connectivity index (χ3v) is 3.00. The average molecular weight is 236 g/mol. The van der Waals surface area contributed by atoms with E-state index in [4.69, 9.17) is 0 Å². The second kappa shape index (κ2) is 5.05. The molecular formula is C12H16N2O3. The van der Waals surface area contributed by atoms with E-state index in [-0.39, 0.29) is 11.5 Å². The maximum atomic E-state index is 10.6. The molecule has 0 radical (unpaired) electrons. The summed E-state index contributed by atoms with van der Waals surface area (Å²) in [4.78, 5) is 14.5. The van der Waals surface area contributed by atoms with E-state index in [9.17, 15) is 15.0 Å². The van der Waals surface area contributed by atoms with Crippen molar-refractivity contribution in [3.8, 4) is 11.5 Å². The van der Waals surface area contributed by atoms with Crippen molar-refractivity contribution in [3.05, 3.63) is 23.8 Å². The van der Waals surface area contributed by atoms with Crippen LogP contribution >= 0.6 is 0 Å². The van der Waals surface area contributed by atoms with Crippen LogP contribution in [0.25, 0.3) is 0 Å². The second-order valence-electron chi connectivity index (χ2n) is 4.24. The van der Waals surface area contributed by atoms with Crippen molar-refractivity contribution in [2.24, 2.45) is 0 Å². The first-order valence-corrected chi connectivity index (χ1v) is 5.61. The van der Waals surface area contributed by atoms with Crippen molar-refractivity contribution in [3.63, 3.8) is 0 Å². The summed E-state index contributed by atoms with van der Waals surface area (Å²) < 4.78 is 0. The molecule has 0 atom stereocenters. The number of phenolic OH excluding ortho intramolecular Hbond substituents is 2. The van der Waals surface area contributed by atoms with E-state index in [0.29, 0.717) is 0 Å². The number of piperazine rings is 1. The lowest BCUT2D eigenvalue weighted by atomic mass is 10.1. The van der Waals surface area contributed by atoms with Gasteiger partial charge in [0.15, 0.2) is 11.5 Å². The van der Waals surface area contributed by atoms with Crippen LogP contribution in [0.4, 0.5) is 0 Å². The minimum atomic E-state index is -0.0977. The highest BCUT2D eigenvalue weighted by Gasteiger charge is 2.15. The first-order chi connectivity index (χ1) is 8.19. The molecule has 1 heterocycles. The highest BCUT2D eigenvalue weighted by molar-refractivity contribution is 5.47. The molecule has 17 heavy (non-hydrogen) atoms. The molecule has 0 bridgehead atoms. The number of hydrogen-bond acceptors (Lipinski definition) is 4. The number of carbonyl (C=O) groups is 1. The van der Waals surface area contributed by atoms with Gasteiger partial charge < -0.3 is 15.1 Å². The number of carbonyl (C=O) groups excluding carboxylic acids is 1. The quantitative estimate of drug-likeness (QED) is 0.588. The van der Waals surface area contributed by atoms with Crippen molar-refractivity contribution < 1.29 is 15.0 Å². The minimum absolute atomic E-state index is 0.0889. The van der Waals surface area contributed by atoms with Crippen LogP contribution in [0.5, 0.6) is 11.5 Å². The lowest BCUT2D eigenvalue weighted by Crippen LogP contribution is -2.45. The van der Waals surface area contributed by atoms with Crippen molar-refractivity contribution >= 4 is 6.41 Å². The summed E-state index contributed by atoms with van der Waals surface area (Å²) in [6, 6.07) is 4.86. The maximum absolute atomic E-state index is 10.6. The molecule has 5 nitrogen and oxygen atoms in total. The van der Waals surface area contributed by atoms with Crippen LogP contribution in [0.3, 0.4) is 0 Å². The van der Waals surface area contributed by atoms with Crippen molar-refractivity contribution in [1.29, 1.82) is 0 Å². The summed E-state index contributed by atoms with van der Waals surface area (Å²) in [5, 5.41) is 18.6. The number of amides is 1. The Balaban J connectivity index is 1.93. The molecule has 1 aromatic carbocycles. The number of hydrogen-bond donors (Lipinski definition) is 2. The first-order valence-electron chi connectivity index (χ1n) is 5.61. The Morgan fingerprint density at radius 1 is 1.12 bits per heavy atom. The van der Waals surface area contributed by atoms with E-state index < -0.39 is 0 Å². The predicted molar refractivity (Wildman–Crippen MR) is 62.7 cm³/mol. The van der Waals surface area contributed by atoms with Gasteiger partial charge in [-0.3, -0.25) is 9.69 Å². The molecule has 1 fully saturated rings. The highest BCUT2D eigenvalue weighted by atomic mass is 16.3. The van der Waals surface area contributed by atoms with E-state index in [1.54, 1.807) is 17.0 Å². The van der Waals surface area contributed by atoms with Crippen LogP contribution in [0.1, 0.15) is 5.56 Å². The smallest absolute Gasteiger partial charge is 0.209 e.